The third kappa shape index (κ3) is 16.6. The van der Waals surface area contributed by atoms with Crippen LogP contribution in [0.25, 0.3) is 0 Å². The molecule has 2 atom stereocenters. The van der Waals surface area contributed by atoms with Crippen LogP contribution < -0.4 is 0 Å². The van der Waals surface area contributed by atoms with Gasteiger partial charge >= 0.3 is 0 Å². The highest BCUT2D eigenvalue weighted by Gasteiger charge is 2.01. The van der Waals surface area contributed by atoms with Gasteiger partial charge in [-0.1, -0.05) is 66.2 Å². The van der Waals surface area contributed by atoms with Crippen molar-refractivity contribution < 1.29 is 0 Å². The van der Waals surface area contributed by atoms with Gasteiger partial charge in [0.05, 0.1) is 0 Å². The Bertz CT molecular complexity index is 133. The number of hydrogen-bond donors (Lipinski definition) is 0. The van der Waals surface area contributed by atoms with Gasteiger partial charge in [0.1, 0.15) is 0 Å². The van der Waals surface area contributed by atoms with E-state index in [1.165, 1.54) is 51.4 Å². The molecule has 0 heterocycles. The van der Waals surface area contributed by atoms with Crippen LogP contribution in [0.1, 0.15) is 79.1 Å². The third-order valence-corrected chi connectivity index (χ3v) is 4.07. The van der Waals surface area contributed by atoms with Gasteiger partial charge in [0.15, 0.2) is 0 Å². The van der Waals surface area contributed by atoms with Crippen molar-refractivity contribution in [2.45, 2.75) is 79.1 Å². The van der Waals surface area contributed by atoms with Gasteiger partial charge in [-0.2, -0.15) is 0 Å². The van der Waals surface area contributed by atoms with Gasteiger partial charge in [0.25, 0.3) is 0 Å². The lowest BCUT2D eigenvalue weighted by molar-refractivity contribution is 0.494. The van der Waals surface area contributed by atoms with E-state index in [2.05, 4.69) is 27.7 Å². The number of unbranched alkanes of at least 4 members (excludes halogenated alkanes) is 2. The molecule has 0 amide bonds. The van der Waals surface area contributed by atoms with Crippen molar-refractivity contribution in [3.05, 3.63) is 0 Å². The lowest BCUT2D eigenvalue weighted by atomic mass is 10.0. The fraction of sp³-hybridized carbons (Fsp3) is 1.00. The van der Waals surface area contributed by atoms with Gasteiger partial charge in [-0.3, -0.25) is 0 Å². The van der Waals surface area contributed by atoms with E-state index in [-0.39, 0.29) is 0 Å². The van der Waals surface area contributed by atoms with E-state index in [0.717, 1.165) is 23.6 Å². The molecule has 18 heavy (non-hydrogen) atoms. The van der Waals surface area contributed by atoms with Crippen molar-refractivity contribution in [1.82, 2.24) is 0 Å². The first-order valence-corrected chi connectivity index (χ1v) is 8.84. The van der Waals surface area contributed by atoms with E-state index >= 15 is 0 Å². The Morgan fingerprint density at radius 3 is 1.78 bits per heavy atom. The van der Waals surface area contributed by atoms with Crippen molar-refractivity contribution >= 4 is 23.2 Å². The van der Waals surface area contributed by atoms with Crippen molar-refractivity contribution in [1.29, 1.82) is 0 Å². The predicted molar refractivity (Wildman–Crippen MR) is 88.1 cm³/mol. The standard InChI is InChI=1S/2C8H17Cl/c1-3-4-5-8(2)6-7-9;1-3-5-6-8(4-2)7-9/h2*8H,3-7H2,1-2H3. The molecule has 0 saturated carbocycles. The summed E-state index contributed by atoms with van der Waals surface area (Å²) in [5.74, 6) is 3.27. The molecule has 0 aromatic carbocycles. The smallest absolute Gasteiger partial charge is 0.0251 e. The van der Waals surface area contributed by atoms with E-state index in [9.17, 15) is 0 Å². The summed E-state index contributed by atoms with van der Waals surface area (Å²) >= 11 is 11.3. The van der Waals surface area contributed by atoms with Crippen LogP contribution in [0.4, 0.5) is 0 Å². The molecule has 112 valence electrons. The quantitative estimate of drug-likeness (QED) is 0.385. The van der Waals surface area contributed by atoms with Gasteiger partial charge in [0.2, 0.25) is 0 Å². The number of halogens is 2. The zero-order valence-electron chi connectivity index (χ0n) is 13.0. The average molecular weight is 297 g/mol. The number of rotatable bonds is 10. The minimum absolute atomic E-state index is 0.770. The van der Waals surface area contributed by atoms with E-state index in [1.807, 2.05) is 0 Å². The second kappa shape index (κ2) is 17.6. The van der Waals surface area contributed by atoms with Gasteiger partial charge in [-0.25, -0.2) is 0 Å². The summed E-state index contributed by atoms with van der Waals surface area (Å²) in [7, 11) is 0. The van der Waals surface area contributed by atoms with Crippen LogP contribution in [0.5, 0.6) is 0 Å². The van der Waals surface area contributed by atoms with E-state index in [4.69, 9.17) is 23.2 Å². The summed E-state index contributed by atoms with van der Waals surface area (Å²) in [6, 6.07) is 0. The Morgan fingerprint density at radius 2 is 1.39 bits per heavy atom. The molecule has 0 aliphatic rings. The molecular formula is C16H34Cl2. The second-order valence-electron chi connectivity index (χ2n) is 5.30. The second-order valence-corrected chi connectivity index (χ2v) is 5.98. The average Bonchev–Trinajstić information content (AvgIpc) is 2.39. The summed E-state index contributed by atoms with van der Waals surface area (Å²) in [6.07, 6.45) is 10.4. The summed E-state index contributed by atoms with van der Waals surface area (Å²) in [4.78, 5) is 0. The molecule has 0 N–H and O–H groups in total. The Kier molecular flexibility index (Phi) is 20.4. The Morgan fingerprint density at radius 1 is 0.833 bits per heavy atom. The first kappa shape index (κ1) is 20.9. The van der Waals surface area contributed by atoms with Gasteiger partial charge in [0, 0.05) is 11.8 Å². The Hall–Kier alpha value is 0.580. The largest absolute Gasteiger partial charge is 0.127 e. The Balaban J connectivity index is 0. The molecule has 0 radical (unpaired) electrons. The molecule has 0 fully saturated rings. The first-order chi connectivity index (χ1) is 8.65. The van der Waals surface area contributed by atoms with E-state index < -0.39 is 0 Å². The van der Waals surface area contributed by atoms with Crippen LogP contribution in [0, 0.1) is 11.8 Å². The number of hydrogen-bond acceptors (Lipinski definition) is 0. The van der Waals surface area contributed by atoms with Crippen LogP contribution in [0.3, 0.4) is 0 Å². The van der Waals surface area contributed by atoms with Crippen LogP contribution in [-0.2, 0) is 0 Å². The fourth-order valence-electron chi connectivity index (χ4n) is 1.77. The zero-order chi connectivity index (χ0) is 14.2. The first-order valence-electron chi connectivity index (χ1n) is 7.77. The van der Waals surface area contributed by atoms with Crippen molar-refractivity contribution in [3.63, 3.8) is 0 Å². The molecule has 0 aliphatic heterocycles. The van der Waals surface area contributed by atoms with Gasteiger partial charge in [-0.05, 0) is 24.7 Å². The highest BCUT2D eigenvalue weighted by atomic mass is 35.5. The minimum atomic E-state index is 0.770. The highest BCUT2D eigenvalue weighted by molar-refractivity contribution is 6.18. The molecule has 2 unspecified atom stereocenters. The minimum Gasteiger partial charge on any atom is -0.127 e. The van der Waals surface area contributed by atoms with Crippen LogP contribution in [0.2, 0.25) is 0 Å². The molecule has 0 rings (SSSR count). The van der Waals surface area contributed by atoms with E-state index in [0.29, 0.717) is 0 Å². The molecule has 0 bridgehead atoms. The van der Waals surface area contributed by atoms with Crippen molar-refractivity contribution in [3.8, 4) is 0 Å². The number of alkyl halides is 2. The lowest BCUT2D eigenvalue weighted by Crippen LogP contribution is -1.99. The van der Waals surface area contributed by atoms with Gasteiger partial charge in [-0.15, -0.1) is 23.2 Å². The monoisotopic (exact) mass is 296 g/mol. The lowest BCUT2D eigenvalue weighted by Gasteiger charge is -2.08. The zero-order valence-corrected chi connectivity index (χ0v) is 14.5. The summed E-state index contributed by atoms with van der Waals surface area (Å²) < 4.78 is 0. The third-order valence-electron chi connectivity index (χ3n) is 3.41. The van der Waals surface area contributed by atoms with Crippen LogP contribution in [0.15, 0.2) is 0 Å². The van der Waals surface area contributed by atoms with E-state index in [1.54, 1.807) is 0 Å². The highest BCUT2D eigenvalue weighted by Crippen LogP contribution is 2.13. The fourth-order valence-corrected chi connectivity index (χ4v) is 2.51. The normalized spacial score (nSPS) is 13.7. The summed E-state index contributed by atoms with van der Waals surface area (Å²) in [5.41, 5.74) is 0. The topological polar surface area (TPSA) is 0 Å². The van der Waals surface area contributed by atoms with Gasteiger partial charge < -0.3 is 0 Å². The predicted octanol–water partition coefficient (Wildman–Crippen LogP) is 6.88. The van der Waals surface area contributed by atoms with Crippen molar-refractivity contribution in [2.75, 3.05) is 11.8 Å². The SMILES string of the molecule is CCCCC(C)CCCl.CCCCC(CC)CCl. The molecular weight excluding hydrogens is 263 g/mol. The molecule has 0 spiro atoms. The molecule has 0 saturated heterocycles. The molecule has 0 aromatic heterocycles. The molecule has 0 aliphatic carbocycles. The Labute approximate surface area is 126 Å². The van der Waals surface area contributed by atoms with Crippen LogP contribution >= 0.6 is 23.2 Å². The maximum atomic E-state index is 5.70. The van der Waals surface area contributed by atoms with Crippen molar-refractivity contribution in [2.24, 2.45) is 11.8 Å². The molecule has 2 heteroatoms. The maximum absolute atomic E-state index is 5.70. The summed E-state index contributed by atoms with van der Waals surface area (Å²) in [5, 5.41) is 0. The molecule has 0 aromatic rings. The molecule has 0 nitrogen and oxygen atoms in total. The van der Waals surface area contributed by atoms with Crippen LogP contribution in [-0.4, -0.2) is 11.8 Å². The maximum Gasteiger partial charge on any atom is 0.0251 e. The summed E-state index contributed by atoms with van der Waals surface area (Å²) in [6.45, 7) is 8.94.